The summed E-state index contributed by atoms with van der Waals surface area (Å²) in [6, 6.07) is 4.06. The SMILES string of the molecule is Cc1cc(C)c(C)c(Oc2nccnc2C(N)=S)c1. The number of hydrogen-bond acceptors (Lipinski definition) is 4. The summed E-state index contributed by atoms with van der Waals surface area (Å²) in [5.74, 6) is 1.08. The van der Waals surface area contributed by atoms with Crippen LogP contribution >= 0.6 is 12.2 Å². The van der Waals surface area contributed by atoms with Gasteiger partial charge in [-0.3, -0.25) is 0 Å². The molecule has 2 N–H and O–H groups in total. The molecule has 0 aliphatic heterocycles. The largest absolute Gasteiger partial charge is 0.437 e. The van der Waals surface area contributed by atoms with E-state index >= 15 is 0 Å². The molecule has 0 aliphatic carbocycles. The highest BCUT2D eigenvalue weighted by Crippen LogP contribution is 2.28. The molecule has 4 nitrogen and oxygen atoms in total. The summed E-state index contributed by atoms with van der Waals surface area (Å²) in [6.07, 6.45) is 3.09. The summed E-state index contributed by atoms with van der Waals surface area (Å²) in [5, 5.41) is 0. The van der Waals surface area contributed by atoms with E-state index in [-0.39, 0.29) is 4.99 Å². The average Bonchev–Trinajstić information content (AvgIpc) is 2.35. The van der Waals surface area contributed by atoms with Gasteiger partial charge in [-0.15, -0.1) is 0 Å². The first-order valence-corrected chi connectivity index (χ1v) is 6.26. The monoisotopic (exact) mass is 273 g/mol. The van der Waals surface area contributed by atoms with E-state index in [0.29, 0.717) is 11.6 Å². The predicted octanol–water partition coefficient (Wildman–Crippen LogP) is 2.83. The Morgan fingerprint density at radius 3 is 2.53 bits per heavy atom. The van der Waals surface area contributed by atoms with Crippen molar-refractivity contribution in [2.45, 2.75) is 20.8 Å². The van der Waals surface area contributed by atoms with Gasteiger partial charge in [0.25, 0.3) is 0 Å². The molecule has 98 valence electrons. The average molecular weight is 273 g/mol. The van der Waals surface area contributed by atoms with Crippen molar-refractivity contribution in [2.75, 3.05) is 0 Å². The Hall–Kier alpha value is -2.01. The van der Waals surface area contributed by atoms with Crippen LogP contribution in [0.3, 0.4) is 0 Å². The van der Waals surface area contributed by atoms with Crippen molar-refractivity contribution >= 4 is 17.2 Å². The second kappa shape index (κ2) is 5.32. The molecule has 1 heterocycles. The highest BCUT2D eigenvalue weighted by molar-refractivity contribution is 7.80. The molecule has 2 rings (SSSR count). The van der Waals surface area contributed by atoms with Crippen LogP contribution < -0.4 is 10.5 Å². The first-order valence-electron chi connectivity index (χ1n) is 5.85. The molecule has 0 fully saturated rings. The Morgan fingerprint density at radius 2 is 1.84 bits per heavy atom. The number of ether oxygens (including phenoxy) is 1. The van der Waals surface area contributed by atoms with Crippen LogP contribution in [0.2, 0.25) is 0 Å². The molecule has 1 aromatic carbocycles. The van der Waals surface area contributed by atoms with E-state index in [9.17, 15) is 0 Å². The first kappa shape index (κ1) is 13.4. The molecule has 1 aromatic heterocycles. The van der Waals surface area contributed by atoms with Crippen LogP contribution in [0.1, 0.15) is 22.4 Å². The zero-order valence-corrected chi connectivity index (χ0v) is 11.9. The van der Waals surface area contributed by atoms with Crippen molar-refractivity contribution in [2.24, 2.45) is 5.73 Å². The van der Waals surface area contributed by atoms with Gasteiger partial charge in [0.05, 0.1) is 0 Å². The third-order valence-corrected chi connectivity index (χ3v) is 3.06. The lowest BCUT2D eigenvalue weighted by Crippen LogP contribution is -2.13. The molecular formula is C14H15N3OS. The Balaban J connectivity index is 2.45. The van der Waals surface area contributed by atoms with Gasteiger partial charge in [0, 0.05) is 12.4 Å². The molecule has 0 saturated carbocycles. The van der Waals surface area contributed by atoms with Gasteiger partial charge in [0.2, 0.25) is 5.88 Å². The second-order valence-corrected chi connectivity index (χ2v) is 4.82. The number of thiocarbonyl (C=S) groups is 1. The van der Waals surface area contributed by atoms with E-state index < -0.39 is 0 Å². The normalized spacial score (nSPS) is 10.3. The van der Waals surface area contributed by atoms with E-state index in [2.05, 4.69) is 16.0 Å². The first-order chi connectivity index (χ1) is 8.99. The third kappa shape index (κ3) is 2.88. The molecule has 0 aliphatic rings. The van der Waals surface area contributed by atoms with Crippen molar-refractivity contribution in [3.63, 3.8) is 0 Å². The fourth-order valence-corrected chi connectivity index (χ4v) is 1.92. The zero-order valence-electron chi connectivity index (χ0n) is 11.1. The van der Waals surface area contributed by atoms with Crippen LogP contribution in [0.4, 0.5) is 0 Å². The maximum atomic E-state index is 5.82. The van der Waals surface area contributed by atoms with Gasteiger partial charge < -0.3 is 10.5 Å². The van der Waals surface area contributed by atoms with E-state index in [1.807, 2.05) is 26.8 Å². The van der Waals surface area contributed by atoms with Gasteiger partial charge in [-0.05, 0) is 43.5 Å². The molecule has 0 bridgehead atoms. The second-order valence-electron chi connectivity index (χ2n) is 4.38. The molecule has 2 aromatic rings. The summed E-state index contributed by atoms with van der Waals surface area (Å²) >= 11 is 4.95. The van der Waals surface area contributed by atoms with Crippen molar-refractivity contribution in [3.05, 3.63) is 46.9 Å². The lowest BCUT2D eigenvalue weighted by molar-refractivity contribution is 0.454. The molecule has 0 unspecified atom stereocenters. The van der Waals surface area contributed by atoms with Crippen LogP contribution in [0.5, 0.6) is 11.6 Å². The molecule has 5 heteroatoms. The third-order valence-electron chi connectivity index (χ3n) is 2.87. The van der Waals surface area contributed by atoms with Crippen LogP contribution in [0.15, 0.2) is 24.5 Å². The highest BCUT2D eigenvalue weighted by Gasteiger charge is 2.12. The minimum atomic E-state index is 0.171. The Bertz CT molecular complexity index is 641. The molecule has 0 saturated heterocycles. The fraction of sp³-hybridized carbons (Fsp3) is 0.214. The minimum absolute atomic E-state index is 0.171. The van der Waals surface area contributed by atoms with Crippen LogP contribution in [0, 0.1) is 20.8 Å². The van der Waals surface area contributed by atoms with Gasteiger partial charge in [-0.2, -0.15) is 0 Å². The maximum absolute atomic E-state index is 5.82. The summed E-state index contributed by atoms with van der Waals surface area (Å²) in [5.41, 5.74) is 9.36. The van der Waals surface area contributed by atoms with Crippen molar-refractivity contribution in [1.82, 2.24) is 9.97 Å². The van der Waals surface area contributed by atoms with Crippen molar-refractivity contribution in [3.8, 4) is 11.6 Å². The predicted molar refractivity (Wildman–Crippen MR) is 78.6 cm³/mol. The fourth-order valence-electron chi connectivity index (χ4n) is 1.78. The van der Waals surface area contributed by atoms with Gasteiger partial charge in [0.15, 0.2) is 5.69 Å². The van der Waals surface area contributed by atoms with Crippen molar-refractivity contribution < 1.29 is 4.74 Å². The number of nitrogens with zero attached hydrogens (tertiary/aromatic N) is 2. The van der Waals surface area contributed by atoms with Gasteiger partial charge >= 0.3 is 0 Å². The van der Waals surface area contributed by atoms with E-state index in [4.69, 9.17) is 22.7 Å². The topological polar surface area (TPSA) is 61.0 Å². The summed E-state index contributed by atoms with van der Waals surface area (Å²) in [6.45, 7) is 6.06. The van der Waals surface area contributed by atoms with Crippen molar-refractivity contribution in [1.29, 1.82) is 0 Å². The summed E-state index contributed by atoms with van der Waals surface area (Å²) in [7, 11) is 0. The maximum Gasteiger partial charge on any atom is 0.248 e. The number of benzene rings is 1. The van der Waals surface area contributed by atoms with E-state index in [0.717, 1.165) is 22.4 Å². The van der Waals surface area contributed by atoms with Crippen LogP contribution in [0.25, 0.3) is 0 Å². The van der Waals surface area contributed by atoms with Gasteiger partial charge in [-0.25, -0.2) is 9.97 Å². The molecular weight excluding hydrogens is 258 g/mol. The smallest absolute Gasteiger partial charge is 0.248 e. The van der Waals surface area contributed by atoms with E-state index in [1.165, 1.54) is 6.20 Å². The van der Waals surface area contributed by atoms with Gasteiger partial charge in [0.1, 0.15) is 10.7 Å². The van der Waals surface area contributed by atoms with Gasteiger partial charge in [-0.1, -0.05) is 18.3 Å². The summed E-state index contributed by atoms with van der Waals surface area (Å²) < 4.78 is 5.82. The lowest BCUT2D eigenvalue weighted by atomic mass is 10.1. The number of aryl methyl sites for hydroxylation is 2. The number of rotatable bonds is 3. The standard InChI is InChI=1S/C14H15N3OS/c1-8-6-9(2)10(3)11(7-8)18-14-12(13(15)19)16-4-5-17-14/h4-7H,1-3H3,(H2,15,19). The number of hydrogen-bond donors (Lipinski definition) is 1. The molecule has 0 radical (unpaired) electrons. The Kier molecular flexibility index (Phi) is 3.76. The lowest BCUT2D eigenvalue weighted by Gasteiger charge is -2.12. The molecule has 0 atom stereocenters. The van der Waals surface area contributed by atoms with E-state index in [1.54, 1.807) is 6.20 Å². The van der Waals surface area contributed by atoms with Crippen LogP contribution in [-0.4, -0.2) is 15.0 Å². The molecule has 0 amide bonds. The molecule has 0 spiro atoms. The Labute approximate surface area is 117 Å². The number of nitrogens with two attached hydrogens (primary N) is 1. The highest BCUT2D eigenvalue weighted by atomic mass is 32.1. The zero-order chi connectivity index (χ0) is 14.0. The molecule has 19 heavy (non-hydrogen) atoms. The number of aromatic nitrogens is 2. The van der Waals surface area contributed by atoms with Crippen LogP contribution in [-0.2, 0) is 0 Å². The minimum Gasteiger partial charge on any atom is -0.437 e. The Morgan fingerprint density at radius 1 is 1.16 bits per heavy atom. The quantitative estimate of drug-likeness (QED) is 0.871. The summed E-state index contributed by atoms with van der Waals surface area (Å²) in [4.78, 5) is 8.41.